The Morgan fingerprint density at radius 3 is 2.96 bits per heavy atom. The number of nitrogens with one attached hydrogen (secondary N) is 1. The van der Waals surface area contributed by atoms with Crippen LogP contribution in [-0.2, 0) is 6.54 Å². The Morgan fingerprint density at radius 2 is 2.30 bits per heavy atom. The molecule has 1 amide bonds. The summed E-state index contributed by atoms with van der Waals surface area (Å²) >= 11 is 7.82. The van der Waals surface area contributed by atoms with Gasteiger partial charge in [0.2, 0.25) is 0 Å². The zero-order valence-electron chi connectivity index (χ0n) is 13.1. The average Bonchev–Trinajstić information content (AvgIpc) is 3.19. The van der Waals surface area contributed by atoms with E-state index in [0.29, 0.717) is 23.0 Å². The van der Waals surface area contributed by atoms with Crippen LogP contribution in [0.2, 0.25) is 5.02 Å². The molecule has 0 radical (unpaired) electrons. The fourth-order valence-electron chi connectivity index (χ4n) is 2.86. The highest BCUT2D eigenvalue weighted by Crippen LogP contribution is 2.22. The number of nitrogens with zero attached hydrogens (tertiary/aromatic N) is 2. The SMILES string of the molecule is Cc1ncsc1CN(CC1CCNC1)C(=O)c1ccccc1Cl. The van der Waals surface area contributed by atoms with Crippen LogP contribution in [0.25, 0.3) is 0 Å². The van der Waals surface area contributed by atoms with Crippen molar-refractivity contribution in [1.29, 1.82) is 0 Å². The summed E-state index contributed by atoms with van der Waals surface area (Å²) in [7, 11) is 0. The summed E-state index contributed by atoms with van der Waals surface area (Å²) in [5, 5.41) is 3.87. The number of carbonyl (C=O) groups excluding carboxylic acids is 1. The number of thiazole rings is 1. The van der Waals surface area contributed by atoms with Crippen molar-refractivity contribution in [2.45, 2.75) is 19.9 Å². The number of rotatable bonds is 5. The van der Waals surface area contributed by atoms with Crippen molar-refractivity contribution in [3.8, 4) is 0 Å². The monoisotopic (exact) mass is 349 g/mol. The first-order valence-corrected chi connectivity index (χ1v) is 9.04. The number of aryl methyl sites for hydroxylation is 1. The number of hydrogen-bond donors (Lipinski definition) is 1. The predicted octanol–water partition coefficient (Wildman–Crippen LogP) is 3.36. The van der Waals surface area contributed by atoms with Crippen molar-refractivity contribution in [3.63, 3.8) is 0 Å². The van der Waals surface area contributed by atoms with Crippen molar-refractivity contribution < 1.29 is 4.79 Å². The van der Waals surface area contributed by atoms with Gasteiger partial charge in [0.25, 0.3) is 5.91 Å². The van der Waals surface area contributed by atoms with E-state index in [-0.39, 0.29) is 5.91 Å². The van der Waals surface area contributed by atoms with Gasteiger partial charge in [-0.05, 0) is 44.5 Å². The van der Waals surface area contributed by atoms with Crippen molar-refractivity contribution >= 4 is 28.8 Å². The molecule has 23 heavy (non-hydrogen) atoms. The highest BCUT2D eigenvalue weighted by molar-refractivity contribution is 7.09. The molecule has 1 saturated heterocycles. The lowest BCUT2D eigenvalue weighted by molar-refractivity contribution is 0.0720. The molecule has 0 spiro atoms. The normalized spacial score (nSPS) is 17.4. The molecule has 1 aliphatic rings. The van der Waals surface area contributed by atoms with Crippen molar-refractivity contribution in [3.05, 3.63) is 50.9 Å². The largest absolute Gasteiger partial charge is 0.333 e. The molecule has 1 N–H and O–H groups in total. The summed E-state index contributed by atoms with van der Waals surface area (Å²) < 4.78 is 0. The van der Waals surface area contributed by atoms with Gasteiger partial charge >= 0.3 is 0 Å². The van der Waals surface area contributed by atoms with Crippen LogP contribution < -0.4 is 5.32 Å². The number of amides is 1. The van der Waals surface area contributed by atoms with E-state index in [1.54, 1.807) is 23.5 Å². The molecule has 6 heteroatoms. The maximum absolute atomic E-state index is 13.0. The summed E-state index contributed by atoms with van der Waals surface area (Å²) in [6.07, 6.45) is 1.11. The van der Waals surface area contributed by atoms with Gasteiger partial charge in [-0.2, -0.15) is 0 Å². The molecule has 122 valence electrons. The molecule has 1 atom stereocenters. The molecule has 1 fully saturated rings. The fraction of sp³-hybridized carbons (Fsp3) is 0.412. The van der Waals surface area contributed by atoms with Gasteiger partial charge in [-0.1, -0.05) is 23.7 Å². The zero-order valence-corrected chi connectivity index (χ0v) is 14.7. The van der Waals surface area contributed by atoms with Gasteiger partial charge in [0, 0.05) is 11.4 Å². The first-order chi connectivity index (χ1) is 11.1. The van der Waals surface area contributed by atoms with Crippen LogP contribution in [0.3, 0.4) is 0 Å². The van der Waals surface area contributed by atoms with E-state index in [2.05, 4.69) is 10.3 Å². The number of benzene rings is 1. The second-order valence-corrected chi connectivity index (χ2v) is 7.23. The molecule has 3 rings (SSSR count). The standard InChI is InChI=1S/C17H20ClN3OS/c1-12-16(23-11-20-12)10-21(9-13-6-7-19-8-13)17(22)14-4-2-3-5-15(14)18/h2-5,11,13,19H,6-10H2,1H3. The molecule has 0 saturated carbocycles. The maximum atomic E-state index is 13.0. The highest BCUT2D eigenvalue weighted by Gasteiger charge is 2.24. The van der Waals surface area contributed by atoms with E-state index >= 15 is 0 Å². The van der Waals surface area contributed by atoms with Crippen molar-refractivity contribution in [2.75, 3.05) is 19.6 Å². The molecule has 0 aliphatic carbocycles. The van der Waals surface area contributed by atoms with Crippen molar-refractivity contribution in [1.82, 2.24) is 15.2 Å². The van der Waals surface area contributed by atoms with Gasteiger partial charge in [-0.15, -0.1) is 11.3 Å². The first-order valence-electron chi connectivity index (χ1n) is 7.78. The summed E-state index contributed by atoms with van der Waals surface area (Å²) in [4.78, 5) is 20.3. The molecular formula is C17H20ClN3OS. The summed E-state index contributed by atoms with van der Waals surface area (Å²) in [5.74, 6) is 0.491. The van der Waals surface area contributed by atoms with Crippen LogP contribution in [0.1, 0.15) is 27.3 Å². The second-order valence-electron chi connectivity index (χ2n) is 5.89. The molecule has 1 aromatic carbocycles. The second kappa shape index (κ2) is 7.43. The average molecular weight is 350 g/mol. The van der Waals surface area contributed by atoms with Gasteiger partial charge < -0.3 is 10.2 Å². The minimum atomic E-state index is -0.00435. The quantitative estimate of drug-likeness (QED) is 0.900. The molecule has 2 heterocycles. The van der Waals surface area contributed by atoms with Crippen LogP contribution in [0.4, 0.5) is 0 Å². The molecular weight excluding hydrogens is 330 g/mol. The third kappa shape index (κ3) is 3.91. The van der Waals surface area contributed by atoms with Gasteiger partial charge in [0.1, 0.15) is 0 Å². The maximum Gasteiger partial charge on any atom is 0.255 e. The molecule has 1 aromatic heterocycles. The first kappa shape index (κ1) is 16.4. The minimum Gasteiger partial charge on any atom is -0.333 e. The van der Waals surface area contributed by atoms with Gasteiger partial charge in [-0.3, -0.25) is 4.79 Å². The Hall–Kier alpha value is -1.43. The zero-order chi connectivity index (χ0) is 16.2. The Morgan fingerprint density at radius 1 is 1.48 bits per heavy atom. The Kier molecular flexibility index (Phi) is 5.30. The molecule has 0 bridgehead atoms. The Labute approximate surface area is 145 Å². The molecule has 4 nitrogen and oxygen atoms in total. The fourth-order valence-corrected chi connectivity index (χ4v) is 3.87. The Balaban J connectivity index is 1.83. The topological polar surface area (TPSA) is 45.2 Å². The van der Waals surface area contributed by atoms with Crippen LogP contribution in [0.5, 0.6) is 0 Å². The third-order valence-electron chi connectivity index (χ3n) is 4.21. The molecule has 1 unspecified atom stereocenters. The molecule has 2 aromatic rings. The predicted molar refractivity (Wildman–Crippen MR) is 94.0 cm³/mol. The summed E-state index contributed by atoms with van der Waals surface area (Å²) in [5.41, 5.74) is 3.40. The van der Waals surface area contributed by atoms with Gasteiger partial charge in [-0.25, -0.2) is 4.98 Å². The van der Waals surface area contributed by atoms with Crippen LogP contribution >= 0.6 is 22.9 Å². The Bertz CT molecular complexity index is 682. The number of hydrogen-bond acceptors (Lipinski definition) is 4. The lowest BCUT2D eigenvalue weighted by atomic mass is 10.1. The molecule has 1 aliphatic heterocycles. The number of aromatic nitrogens is 1. The smallest absolute Gasteiger partial charge is 0.255 e. The van der Waals surface area contributed by atoms with E-state index in [4.69, 9.17) is 11.6 Å². The summed E-state index contributed by atoms with van der Waals surface area (Å²) in [6, 6.07) is 7.26. The lowest BCUT2D eigenvalue weighted by Gasteiger charge is -2.25. The van der Waals surface area contributed by atoms with Crippen LogP contribution in [-0.4, -0.2) is 35.4 Å². The highest BCUT2D eigenvalue weighted by atomic mass is 35.5. The van der Waals surface area contributed by atoms with E-state index in [1.165, 1.54) is 0 Å². The third-order valence-corrected chi connectivity index (χ3v) is 5.46. The van der Waals surface area contributed by atoms with Crippen LogP contribution in [0, 0.1) is 12.8 Å². The van der Waals surface area contributed by atoms with E-state index < -0.39 is 0 Å². The van der Waals surface area contributed by atoms with E-state index in [9.17, 15) is 4.79 Å². The number of carbonyl (C=O) groups is 1. The van der Waals surface area contributed by atoms with Crippen molar-refractivity contribution in [2.24, 2.45) is 5.92 Å². The van der Waals surface area contributed by atoms with E-state index in [1.807, 2.05) is 29.5 Å². The van der Waals surface area contributed by atoms with E-state index in [0.717, 1.165) is 36.6 Å². The minimum absolute atomic E-state index is 0.00435. The number of halogens is 1. The van der Waals surface area contributed by atoms with Crippen LogP contribution in [0.15, 0.2) is 29.8 Å². The lowest BCUT2D eigenvalue weighted by Crippen LogP contribution is -2.35. The summed E-state index contributed by atoms with van der Waals surface area (Å²) in [6.45, 7) is 5.32. The van der Waals surface area contributed by atoms with Gasteiger partial charge in [0.15, 0.2) is 0 Å². The van der Waals surface area contributed by atoms with Gasteiger partial charge in [0.05, 0.1) is 28.3 Å².